The van der Waals surface area contributed by atoms with Crippen LogP contribution in [0.15, 0.2) is 0 Å². The van der Waals surface area contributed by atoms with Gasteiger partial charge in [-0.2, -0.15) is 0 Å². The molecule has 0 aromatic carbocycles. The van der Waals surface area contributed by atoms with Crippen molar-refractivity contribution in [2.75, 3.05) is 26.2 Å². The first-order valence-corrected chi connectivity index (χ1v) is 5.89. The van der Waals surface area contributed by atoms with Crippen LogP contribution < -0.4 is 16.0 Å². The van der Waals surface area contributed by atoms with Gasteiger partial charge in [0.25, 0.3) is 0 Å². The summed E-state index contributed by atoms with van der Waals surface area (Å²) in [5, 5.41) is 10.5. The third-order valence-corrected chi connectivity index (χ3v) is 2.92. The minimum absolute atomic E-state index is 0.180. The first-order valence-electron chi connectivity index (χ1n) is 4.89. The molecular weight excluding hydrogens is 166 g/mol. The van der Waals surface area contributed by atoms with Gasteiger partial charge in [0, 0.05) is 16.8 Å². The van der Waals surface area contributed by atoms with E-state index in [0.29, 0.717) is 0 Å². The molecule has 0 aromatic rings. The fraction of sp³-hybridized carbons (Fsp3) is 1.00. The second-order valence-electron chi connectivity index (χ2n) is 3.17. The number of rotatable bonds is 7. The minimum atomic E-state index is 0.180. The van der Waals surface area contributed by atoms with Crippen molar-refractivity contribution in [3.8, 4) is 0 Å². The van der Waals surface area contributed by atoms with Gasteiger partial charge in [-0.1, -0.05) is 20.8 Å². The summed E-state index contributed by atoms with van der Waals surface area (Å²) >= 11 is 0. The average molecular weight is 189 g/mol. The fourth-order valence-corrected chi connectivity index (χ4v) is 2.30. The van der Waals surface area contributed by atoms with Gasteiger partial charge in [-0.15, -0.1) is 0 Å². The Bertz CT molecular complexity index is 102. The summed E-state index contributed by atoms with van der Waals surface area (Å²) in [6.45, 7) is 10.6. The topological polar surface area (TPSA) is 36.1 Å². The van der Waals surface area contributed by atoms with Gasteiger partial charge in [0.2, 0.25) is 0 Å². The molecule has 0 rings (SSSR count). The normalized spacial score (nSPS) is 12.2. The maximum Gasteiger partial charge on any atom is 0.0596 e. The molecule has 0 saturated carbocycles. The quantitative estimate of drug-likeness (QED) is 0.349. The van der Waals surface area contributed by atoms with Gasteiger partial charge < -0.3 is 16.0 Å². The monoisotopic (exact) mass is 189 g/mol. The van der Waals surface area contributed by atoms with E-state index in [1.54, 1.807) is 0 Å². The summed E-state index contributed by atoms with van der Waals surface area (Å²) in [6.07, 6.45) is 0. The van der Waals surface area contributed by atoms with Gasteiger partial charge in [-0.3, -0.25) is 0 Å². The lowest BCUT2D eigenvalue weighted by Gasteiger charge is -2.32. The van der Waals surface area contributed by atoms with Crippen molar-refractivity contribution in [2.45, 2.75) is 26.1 Å². The zero-order chi connectivity index (χ0) is 9.45. The molecule has 3 nitrogen and oxygen atoms in total. The summed E-state index contributed by atoms with van der Waals surface area (Å²) in [7, 11) is 1.12. The van der Waals surface area contributed by atoms with E-state index in [0.717, 1.165) is 36.4 Å². The van der Waals surface area contributed by atoms with Crippen LogP contribution in [0.1, 0.15) is 20.8 Å². The zero-order valence-corrected chi connectivity index (χ0v) is 10.8. The predicted molar refractivity (Wildman–Crippen MR) is 58.6 cm³/mol. The number of hydrogen-bond donors (Lipinski definition) is 3. The average Bonchev–Trinajstić information content (AvgIpc) is 2.02. The summed E-state index contributed by atoms with van der Waals surface area (Å²) in [5.41, 5.74) is 0. The molecule has 3 N–H and O–H groups in total. The molecule has 0 unspecified atom stereocenters. The molecule has 0 spiro atoms. The van der Waals surface area contributed by atoms with Crippen molar-refractivity contribution in [1.29, 1.82) is 0 Å². The van der Waals surface area contributed by atoms with Crippen molar-refractivity contribution in [2.24, 2.45) is 0 Å². The Balaban J connectivity index is 3.80. The Labute approximate surface area is 79.1 Å². The van der Waals surface area contributed by atoms with Crippen LogP contribution in [0.2, 0.25) is 0 Å². The fourth-order valence-electron chi connectivity index (χ4n) is 1.34. The maximum absolute atomic E-state index is 3.48. The minimum Gasteiger partial charge on any atom is -0.314 e. The molecule has 0 saturated heterocycles. The molecule has 74 valence electrons. The molecule has 0 aliphatic heterocycles. The van der Waals surface area contributed by atoms with Crippen LogP contribution in [-0.4, -0.2) is 41.7 Å². The van der Waals surface area contributed by atoms with Crippen molar-refractivity contribution >= 4 is 10.2 Å². The largest absolute Gasteiger partial charge is 0.314 e. The van der Waals surface area contributed by atoms with Gasteiger partial charge in [0.1, 0.15) is 0 Å². The molecule has 0 amide bonds. The summed E-state index contributed by atoms with van der Waals surface area (Å²) < 4.78 is 0. The third-order valence-electron chi connectivity index (χ3n) is 1.86. The lowest BCUT2D eigenvalue weighted by atomic mass is 10.4. The summed E-state index contributed by atoms with van der Waals surface area (Å²) in [6, 6.07) is 0. The molecular formula is C8H23N3Si. The first-order chi connectivity index (χ1) is 5.68. The van der Waals surface area contributed by atoms with Crippen molar-refractivity contribution in [3.05, 3.63) is 0 Å². The van der Waals surface area contributed by atoms with Crippen molar-refractivity contribution in [3.63, 3.8) is 0 Å². The van der Waals surface area contributed by atoms with E-state index in [1.165, 1.54) is 0 Å². The van der Waals surface area contributed by atoms with E-state index in [9.17, 15) is 0 Å². The molecule has 12 heavy (non-hydrogen) atoms. The maximum atomic E-state index is 3.48. The molecule has 0 fully saturated rings. The molecule has 0 atom stereocenters. The standard InChI is InChI=1S/C8H23N3Si/c1-4-9-7-8(12,10-5-2)11-6-3/h9-11H,4-7H2,1-3,12H3. The van der Waals surface area contributed by atoms with Gasteiger partial charge in [0.15, 0.2) is 0 Å². The van der Waals surface area contributed by atoms with Crippen molar-refractivity contribution < 1.29 is 0 Å². The Morgan fingerprint density at radius 3 is 1.83 bits per heavy atom. The second kappa shape index (κ2) is 6.60. The van der Waals surface area contributed by atoms with Gasteiger partial charge in [-0.05, 0) is 19.6 Å². The molecule has 0 heterocycles. The number of nitrogens with one attached hydrogen (secondary N) is 3. The summed E-state index contributed by atoms with van der Waals surface area (Å²) in [5.74, 6) is 0. The van der Waals surface area contributed by atoms with Crippen LogP contribution in [0.3, 0.4) is 0 Å². The second-order valence-corrected chi connectivity index (χ2v) is 4.88. The van der Waals surface area contributed by atoms with Crippen LogP contribution in [0, 0.1) is 0 Å². The Morgan fingerprint density at radius 2 is 1.50 bits per heavy atom. The van der Waals surface area contributed by atoms with Gasteiger partial charge >= 0.3 is 0 Å². The smallest absolute Gasteiger partial charge is 0.0596 e. The van der Waals surface area contributed by atoms with E-state index in [-0.39, 0.29) is 5.29 Å². The SMILES string of the molecule is CCNCC([SiH3])(NCC)NCC. The van der Waals surface area contributed by atoms with Crippen molar-refractivity contribution in [1.82, 2.24) is 16.0 Å². The van der Waals surface area contributed by atoms with Crippen LogP contribution in [-0.2, 0) is 0 Å². The highest BCUT2D eigenvalue weighted by Gasteiger charge is 2.19. The van der Waals surface area contributed by atoms with E-state index in [4.69, 9.17) is 0 Å². The van der Waals surface area contributed by atoms with Gasteiger partial charge in [-0.25, -0.2) is 0 Å². The van der Waals surface area contributed by atoms with Crippen LogP contribution in [0.25, 0.3) is 0 Å². The highest BCUT2D eigenvalue weighted by atomic mass is 28.1. The van der Waals surface area contributed by atoms with Crippen LogP contribution in [0.5, 0.6) is 0 Å². The molecule has 0 radical (unpaired) electrons. The Hall–Kier alpha value is 0.0969. The highest BCUT2D eigenvalue weighted by Crippen LogP contribution is 1.90. The Morgan fingerprint density at radius 1 is 1.00 bits per heavy atom. The first kappa shape index (κ1) is 12.1. The van der Waals surface area contributed by atoms with E-state index >= 15 is 0 Å². The van der Waals surface area contributed by atoms with Gasteiger partial charge in [0.05, 0.1) is 5.29 Å². The number of likely N-dealkylation sites (N-methyl/N-ethyl adjacent to an activating group) is 3. The Kier molecular flexibility index (Phi) is 6.65. The summed E-state index contributed by atoms with van der Waals surface area (Å²) in [4.78, 5) is 0. The molecule has 0 aliphatic carbocycles. The molecule has 4 heteroatoms. The molecule has 0 aromatic heterocycles. The third kappa shape index (κ3) is 4.87. The lowest BCUT2D eigenvalue weighted by Crippen LogP contribution is -2.63. The van der Waals surface area contributed by atoms with Crippen LogP contribution in [0.4, 0.5) is 0 Å². The number of hydrogen-bond acceptors (Lipinski definition) is 3. The molecule has 0 bridgehead atoms. The zero-order valence-electron chi connectivity index (χ0n) is 8.83. The van der Waals surface area contributed by atoms with E-state index in [1.807, 2.05) is 0 Å². The predicted octanol–water partition coefficient (Wildman–Crippen LogP) is -1.17. The highest BCUT2D eigenvalue weighted by molar-refractivity contribution is 6.15. The lowest BCUT2D eigenvalue weighted by molar-refractivity contribution is 0.368. The molecule has 0 aliphatic rings. The van der Waals surface area contributed by atoms with E-state index < -0.39 is 0 Å². The van der Waals surface area contributed by atoms with Crippen LogP contribution >= 0.6 is 0 Å². The van der Waals surface area contributed by atoms with E-state index in [2.05, 4.69) is 36.7 Å².